The second-order valence-electron chi connectivity index (χ2n) is 3.50. The summed E-state index contributed by atoms with van der Waals surface area (Å²) in [5, 5.41) is 20.9. The Morgan fingerprint density at radius 1 is 1.29 bits per heavy atom. The first-order valence-electron chi connectivity index (χ1n) is 4.85. The number of hydrogen-bond acceptors (Lipinski definition) is 4. The Balaban J connectivity index is 2.28. The molecule has 17 heavy (non-hydrogen) atoms. The van der Waals surface area contributed by atoms with E-state index in [0.29, 0.717) is 0 Å². The molecule has 0 saturated heterocycles. The van der Waals surface area contributed by atoms with Crippen LogP contribution in [-0.2, 0) is 6.42 Å². The molecule has 2 aromatic rings. The number of thiophene rings is 1. The van der Waals surface area contributed by atoms with Gasteiger partial charge in [-0.3, -0.25) is 4.79 Å². The maximum absolute atomic E-state index is 11.9. The maximum Gasteiger partial charge on any atom is 0.171 e. The van der Waals surface area contributed by atoms with Crippen LogP contribution in [0.1, 0.15) is 15.2 Å². The lowest BCUT2D eigenvalue weighted by molar-refractivity contribution is 0.0991. The molecule has 2 rings (SSSR count). The SMILES string of the molecule is O=C(Cc1cccs1)c1cc(O)c(Cl)cc1O. The smallest absolute Gasteiger partial charge is 0.171 e. The molecule has 0 spiro atoms. The molecule has 0 saturated carbocycles. The summed E-state index contributed by atoms with van der Waals surface area (Å²) in [6, 6.07) is 6.05. The third-order valence-corrected chi connectivity index (χ3v) is 3.46. The molecular formula is C12H9ClO3S. The largest absolute Gasteiger partial charge is 0.507 e. The summed E-state index contributed by atoms with van der Waals surface area (Å²) in [6.45, 7) is 0. The number of carbonyl (C=O) groups excluding carboxylic acids is 1. The highest BCUT2D eigenvalue weighted by Gasteiger charge is 2.15. The Bertz CT molecular complexity index is 549. The van der Waals surface area contributed by atoms with Gasteiger partial charge in [-0.05, 0) is 17.5 Å². The molecule has 0 fully saturated rings. The molecule has 1 aromatic heterocycles. The number of halogens is 1. The highest BCUT2D eigenvalue weighted by molar-refractivity contribution is 7.10. The molecule has 1 aromatic carbocycles. The number of phenols is 2. The average Bonchev–Trinajstić information content (AvgIpc) is 2.76. The van der Waals surface area contributed by atoms with Crippen LogP contribution < -0.4 is 0 Å². The van der Waals surface area contributed by atoms with E-state index in [1.165, 1.54) is 23.5 Å². The second kappa shape index (κ2) is 4.77. The summed E-state index contributed by atoms with van der Waals surface area (Å²) in [5.74, 6) is -0.676. The molecule has 88 valence electrons. The van der Waals surface area contributed by atoms with Gasteiger partial charge in [0.25, 0.3) is 0 Å². The van der Waals surface area contributed by atoms with Gasteiger partial charge in [0.1, 0.15) is 11.5 Å². The number of ketones is 1. The standard InChI is InChI=1S/C12H9ClO3S/c13-9-6-11(15)8(5-12(9)16)10(14)4-7-2-1-3-17-7/h1-3,5-6,15-16H,4H2. The molecule has 0 atom stereocenters. The second-order valence-corrected chi connectivity index (χ2v) is 4.94. The first-order chi connectivity index (χ1) is 8.08. The Hall–Kier alpha value is -1.52. The fourth-order valence-corrected chi connectivity index (χ4v) is 2.30. The van der Waals surface area contributed by atoms with Crippen LogP contribution in [0.25, 0.3) is 0 Å². The highest BCUT2D eigenvalue weighted by atomic mass is 35.5. The molecular weight excluding hydrogens is 260 g/mol. The first kappa shape index (κ1) is 12.0. The van der Waals surface area contributed by atoms with Crippen LogP contribution in [-0.4, -0.2) is 16.0 Å². The summed E-state index contributed by atoms with van der Waals surface area (Å²) >= 11 is 7.08. The zero-order valence-electron chi connectivity index (χ0n) is 8.68. The third kappa shape index (κ3) is 2.60. The van der Waals surface area contributed by atoms with Gasteiger partial charge in [0.05, 0.1) is 10.6 Å². The highest BCUT2D eigenvalue weighted by Crippen LogP contribution is 2.31. The Morgan fingerprint density at radius 2 is 2.06 bits per heavy atom. The van der Waals surface area contributed by atoms with Crippen molar-refractivity contribution >= 4 is 28.7 Å². The number of hydrogen-bond donors (Lipinski definition) is 2. The molecule has 5 heteroatoms. The van der Waals surface area contributed by atoms with E-state index in [0.717, 1.165) is 4.88 Å². The van der Waals surface area contributed by atoms with Crippen molar-refractivity contribution in [1.29, 1.82) is 0 Å². The van der Waals surface area contributed by atoms with Crippen LogP contribution in [0, 0.1) is 0 Å². The Morgan fingerprint density at radius 3 is 2.71 bits per heavy atom. The molecule has 3 nitrogen and oxygen atoms in total. The predicted molar refractivity (Wildman–Crippen MR) is 67.1 cm³/mol. The quantitative estimate of drug-likeness (QED) is 0.664. The van der Waals surface area contributed by atoms with Gasteiger partial charge in [0.2, 0.25) is 0 Å². The van der Waals surface area contributed by atoms with Crippen LogP contribution in [0.3, 0.4) is 0 Å². The molecule has 0 unspecified atom stereocenters. The minimum atomic E-state index is -0.253. The van der Waals surface area contributed by atoms with E-state index in [2.05, 4.69) is 0 Å². The van der Waals surface area contributed by atoms with Crippen molar-refractivity contribution in [1.82, 2.24) is 0 Å². The number of benzene rings is 1. The molecule has 0 radical (unpaired) electrons. The van der Waals surface area contributed by atoms with Crippen LogP contribution in [0.4, 0.5) is 0 Å². The van der Waals surface area contributed by atoms with Crippen molar-refractivity contribution < 1.29 is 15.0 Å². The molecule has 0 aliphatic heterocycles. The van der Waals surface area contributed by atoms with Crippen molar-refractivity contribution in [2.24, 2.45) is 0 Å². The van der Waals surface area contributed by atoms with Gasteiger partial charge in [-0.25, -0.2) is 0 Å². The number of aromatic hydroxyl groups is 2. The van der Waals surface area contributed by atoms with E-state index in [4.69, 9.17) is 11.6 Å². The lowest BCUT2D eigenvalue weighted by Gasteiger charge is -2.05. The zero-order chi connectivity index (χ0) is 12.4. The van der Waals surface area contributed by atoms with Crippen molar-refractivity contribution in [2.45, 2.75) is 6.42 Å². The number of phenolic OH excluding ortho intramolecular Hbond substituents is 2. The van der Waals surface area contributed by atoms with Gasteiger partial charge < -0.3 is 10.2 Å². The maximum atomic E-state index is 11.9. The number of carbonyl (C=O) groups is 1. The monoisotopic (exact) mass is 268 g/mol. The van der Waals surface area contributed by atoms with E-state index in [-0.39, 0.29) is 34.3 Å². The van der Waals surface area contributed by atoms with Crippen molar-refractivity contribution in [3.63, 3.8) is 0 Å². The van der Waals surface area contributed by atoms with E-state index in [1.807, 2.05) is 17.5 Å². The van der Waals surface area contributed by atoms with Gasteiger partial charge in [0.15, 0.2) is 5.78 Å². The number of rotatable bonds is 3. The fourth-order valence-electron chi connectivity index (χ4n) is 1.44. The van der Waals surface area contributed by atoms with Gasteiger partial charge >= 0.3 is 0 Å². The van der Waals surface area contributed by atoms with E-state index in [1.54, 1.807) is 0 Å². The lowest BCUT2D eigenvalue weighted by Crippen LogP contribution is -2.02. The summed E-state index contributed by atoms with van der Waals surface area (Å²) in [7, 11) is 0. The van der Waals surface area contributed by atoms with Crippen molar-refractivity contribution in [2.75, 3.05) is 0 Å². The van der Waals surface area contributed by atoms with Gasteiger partial charge in [0, 0.05) is 17.4 Å². The normalized spacial score (nSPS) is 10.4. The minimum absolute atomic E-state index is 0.0233. The van der Waals surface area contributed by atoms with E-state index < -0.39 is 0 Å². The average molecular weight is 269 g/mol. The molecule has 0 bridgehead atoms. The summed E-state index contributed by atoms with van der Waals surface area (Å²) in [4.78, 5) is 12.8. The van der Waals surface area contributed by atoms with Crippen LogP contribution >= 0.6 is 22.9 Å². The molecule has 1 heterocycles. The van der Waals surface area contributed by atoms with Gasteiger partial charge in [-0.2, -0.15) is 0 Å². The first-order valence-corrected chi connectivity index (χ1v) is 6.10. The molecule has 0 aliphatic rings. The van der Waals surface area contributed by atoms with Crippen LogP contribution in [0.15, 0.2) is 29.6 Å². The van der Waals surface area contributed by atoms with Crippen molar-refractivity contribution in [3.05, 3.63) is 45.1 Å². The van der Waals surface area contributed by atoms with E-state index in [9.17, 15) is 15.0 Å². The third-order valence-electron chi connectivity index (χ3n) is 2.28. The predicted octanol–water partition coefficient (Wildman–Crippen LogP) is 3.24. The Kier molecular flexibility index (Phi) is 3.36. The Labute approximate surface area is 107 Å². The van der Waals surface area contributed by atoms with Gasteiger partial charge in [-0.1, -0.05) is 17.7 Å². The van der Waals surface area contributed by atoms with Gasteiger partial charge in [-0.15, -0.1) is 11.3 Å². The molecule has 0 amide bonds. The van der Waals surface area contributed by atoms with Crippen molar-refractivity contribution in [3.8, 4) is 11.5 Å². The van der Waals surface area contributed by atoms with E-state index >= 15 is 0 Å². The minimum Gasteiger partial charge on any atom is -0.507 e. The van der Waals surface area contributed by atoms with Crippen LogP contribution in [0.5, 0.6) is 11.5 Å². The lowest BCUT2D eigenvalue weighted by atomic mass is 10.1. The zero-order valence-corrected chi connectivity index (χ0v) is 10.3. The molecule has 0 aliphatic carbocycles. The summed E-state index contributed by atoms with van der Waals surface area (Å²) < 4.78 is 0. The summed E-state index contributed by atoms with van der Waals surface area (Å²) in [6.07, 6.45) is 0.201. The molecule has 2 N–H and O–H groups in total. The summed E-state index contributed by atoms with van der Waals surface area (Å²) in [5.41, 5.74) is 0.0836. The topological polar surface area (TPSA) is 57.5 Å². The fraction of sp³-hybridized carbons (Fsp3) is 0.0833. The van der Waals surface area contributed by atoms with Crippen LogP contribution in [0.2, 0.25) is 5.02 Å². The number of Topliss-reactive ketones (excluding diaryl/α,β-unsaturated/α-hetero) is 1.